The summed E-state index contributed by atoms with van der Waals surface area (Å²) >= 11 is 0. The van der Waals surface area contributed by atoms with E-state index in [0.717, 1.165) is 12.5 Å². The number of likely N-dealkylation sites (tertiary alicyclic amines) is 1. The Bertz CT molecular complexity index is 1510. The fourth-order valence-corrected chi connectivity index (χ4v) is 4.48. The van der Waals surface area contributed by atoms with Crippen LogP contribution in [0.3, 0.4) is 0 Å². The number of amides is 2. The van der Waals surface area contributed by atoms with E-state index in [4.69, 9.17) is 9.73 Å². The number of H-pyrrole nitrogens is 1. The number of ether oxygens (including phenoxy) is 1. The van der Waals surface area contributed by atoms with Crippen LogP contribution in [0, 0.1) is 0 Å². The maximum atomic E-state index is 13.4. The van der Waals surface area contributed by atoms with Gasteiger partial charge in [0, 0.05) is 30.7 Å². The molecule has 4 heterocycles. The van der Waals surface area contributed by atoms with Crippen LogP contribution in [0.1, 0.15) is 70.5 Å². The Morgan fingerprint density at radius 3 is 2.64 bits per heavy atom. The van der Waals surface area contributed by atoms with Gasteiger partial charge < -0.3 is 20.4 Å². The Morgan fingerprint density at radius 2 is 1.95 bits per heavy atom. The predicted molar refractivity (Wildman–Crippen MR) is 162 cm³/mol. The molecule has 0 radical (unpaired) electrons. The Morgan fingerprint density at radius 1 is 1.16 bits per heavy atom. The van der Waals surface area contributed by atoms with Crippen molar-refractivity contribution in [2.45, 2.75) is 71.2 Å². The van der Waals surface area contributed by atoms with Gasteiger partial charge in [-0.1, -0.05) is 25.5 Å². The maximum absolute atomic E-state index is 13.4. The third kappa shape index (κ3) is 8.68. The molecule has 10 nitrogen and oxygen atoms in total. The average molecular weight is 612 g/mol. The number of nitrogens with one attached hydrogen (secondary N) is 3. The first-order valence-corrected chi connectivity index (χ1v) is 14.3. The van der Waals surface area contributed by atoms with E-state index >= 15 is 0 Å². The van der Waals surface area contributed by atoms with Gasteiger partial charge in [-0.15, -0.1) is 0 Å². The van der Waals surface area contributed by atoms with Crippen LogP contribution >= 0.6 is 0 Å². The zero-order valence-corrected chi connectivity index (χ0v) is 25.0. The Kier molecular flexibility index (Phi) is 10.1. The number of hydrogen-bond donors (Lipinski definition) is 3. The highest BCUT2D eigenvalue weighted by molar-refractivity contribution is 6.09. The molecule has 0 aromatic carbocycles. The summed E-state index contributed by atoms with van der Waals surface area (Å²) in [5, 5.41) is 5.97. The summed E-state index contributed by atoms with van der Waals surface area (Å²) in [4.78, 5) is 43.1. The summed E-state index contributed by atoms with van der Waals surface area (Å²) in [5.41, 5.74) is -0.284. The molecule has 3 aromatic heterocycles. The van der Waals surface area contributed by atoms with Crippen molar-refractivity contribution in [1.82, 2.24) is 19.9 Å². The molecular weight excluding hydrogens is 575 g/mol. The van der Waals surface area contributed by atoms with Crippen molar-refractivity contribution >= 4 is 35.0 Å². The van der Waals surface area contributed by atoms with Gasteiger partial charge in [-0.3, -0.25) is 9.69 Å². The van der Waals surface area contributed by atoms with E-state index in [1.807, 2.05) is 6.92 Å². The highest BCUT2D eigenvalue weighted by Crippen LogP contribution is 2.29. The van der Waals surface area contributed by atoms with Gasteiger partial charge in [0.15, 0.2) is 5.84 Å². The van der Waals surface area contributed by atoms with Crippen LogP contribution in [0.4, 0.5) is 29.5 Å². The molecule has 1 fully saturated rings. The number of allylic oxidation sites excluding steroid dienone is 1. The number of halogens is 3. The topological polar surface area (TPSA) is 125 Å². The standard InChI is InChI=1S/C31H36F3N7O3/c1-5-6-10-22(21-11-7-14-25(38-21)31(32,33)34)39-27(23-12-8-16-35-23)37-20-15-17-36-26(19-20)40-28(42)24-13-9-18-41(24)29(43)44-30(2,3)4/h7-8,10-12,14-17,19,24,35H,5-6,9,13,18H2,1-4H3,(H2,36,37,39,40,42)/b22-10+. The molecule has 1 unspecified atom stereocenters. The van der Waals surface area contributed by atoms with E-state index in [9.17, 15) is 22.8 Å². The van der Waals surface area contributed by atoms with Gasteiger partial charge in [-0.25, -0.2) is 19.8 Å². The first-order chi connectivity index (χ1) is 20.8. The van der Waals surface area contributed by atoms with Crippen molar-refractivity contribution in [2.24, 2.45) is 4.99 Å². The van der Waals surface area contributed by atoms with Crippen molar-refractivity contribution in [1.29, 1.82) is 0 Å². The number of anilines is 2. The number of aliphatic imine (C=N–C) groups is 1. The predicted octanol–water partition coefficient (Wildman–Crippen LogP) is 6.86. The van der Waals surface area contributed by atoms with Crippen LogP contribution in [0.15, 0.2) is 65.9 Å². The molecule has 1 atom stereocenters. The highest BCUT2D eigenvalue weighted by atomic mass is 19.4. The number of carbonyl (C=O) groups excluding carboxylic acids is 2. The first-order valence-electron chi connectivity index (χ1n) is 14.3. The molecular formula is C31H36F3N7O3. The summed E-state index contributed by atoms with van der Waals surface area (Å²) in [7, 11) is 0. The summed E-state index contributed by atoms with van der Waals surface area (Å²) in [6.45, 7) is 7.66. The minimum Gasteiger partial charge on any atom is -0.444 e. The summed E-state index contributed by atoms with van der Waals surface area (Å²) in [6, 6.07) is 9.78. The van der Waals surface area contributed by atoms with Gasteiger partial charge in [0.2, 0.25) is 5.91 Å². The molecule has 3 aromatic rings. The second kappa shape index (κ2) is 13.7. The molecule has 13 heteroatoms. The number of amidine groups is 1. The number of hydrogen-bond acceptors (Lipinski definition) is 6. The lowest BCUT2D eigenvalue weighted by Gasteiger charge is -2.28. The van der Waals surface area contributed by atoms with E-state index in [0.29, 0.717) is 43.0 Å². The third-order valence-electron chi connectivity index (χ3n) is 6.47. The van der Waals surface area contributed by atoms with Gasteiger partial charge in [-0.05, 0) is 70.4 Å². The van der Waals surface area contributed by atoms with E-state index < -0.39 is 35.5 Å². The van der Waals surface area contributed by atoms with E-state index in [1.165, 1.54) is 23.2 Å². The average Bonchev–Trinajstić information content (AvgIpc) is 3.67. The van der Waals surface area contributed by atoms with E-state index in [-0.39, 0.29) is 17.2 Å². The summed E-state index contributed by atoms with van der Waals surface area (Å²) in [5.74, 6) is 0.159. The van der Waals surface area contributed by atoms with Crippen LogP contribution in [0.2, 0.25) is 0 Å². The molecule has 0 saturated carbocycles. The molecule has 1 saturated heterocycles. The first kappa shape index (κ1) is 32.2. The maximum Gasteiger partial charge on any atom is 0.433 e. The van der Waals surface area contributed by atoms with Gasteiger partial charge >= 0.3 is 12.3 Å². The number of alkyl halides is 3. The number of aromatic nitrogens is 3. The van der Waals surface area contributed by atoms with Crippen LogP contribution in [-0.4, -0.2) is 55.9 Å². The number of pyridine rings is 2. The second-order valence-corrected chi connectivity index (χ2v) is 11.2. The zero-order chi connectivity index (χ0) is 31.9. The van der Waals surface area contributed by atoms with Crippen molar-refractivity contribution in [3.63, 3.8) is 0 Å². The smallest absolute Gasteiger partial charge is 0.433 e. The van der Waals surface area contributed by atoms with Gasteiger partial charge in [0.25, 0.3) is 0 Å². The van der Waals surface area contributed by atoms with Crippen molar-refractivity contribution in [3.8, 4) is 0 Å². The molecule has 2 amide bonds. The molecule has 0 bridgehead atoms. The second-order valence-electron chi connectivity index (χ2n) is 11.2. The van der Waals surface area contributed by atoms with Crippen molar-refractivity contribution < 1.29 is 27.5 Å². The monoisotopic (exact) mass is 611 g/mol. The number of unbranched alkanes of at least 4 members (excludes halogenated alkanes) is 1. The summed E-state index contributed by atoms with van der Waals surface area (Å²) < 4.78 is 45.7. The number of carbonyl (C=O) groups is 2. The fraction of sp³-hybridized carbons (Fsp3) is 0.387. The third-order valence-corrected chi connectivity index (χ3v) is 6.47. The van der Waals surface area contributed by atoms with Crippen LogP contribution in [0.25, 0.3) is 5.70 Å². The van der Waals surface area contributed by atoms with Gasteiger partial charge in [-0.2, -0.15) is 13.2 Å². The number of nitrogens with zero attached hydrogens (tertiary/aromatic N) is 4. The van der Waals surface area contributed by atoms with Gasteiger partial charge in [0.05, 0.1) is 17.1 Å². The normalized spacial score (nSPS) is 16.2. The minimum atomic E-state index is -4.60. The van der Waals surface area contributed by atoms with Crippen LogP contribution in [-0.2, 0) is 15.7 Å². The lowest BCUT2D eigenvalue weighted by molar-refractivity contribution is -0.141. The minimum absolute atomic E-state index is 0.0768. The quantitative estimate of drug-likeness (QED) is 0.189. The van der Waals surface area contributed by atoms with E-state index in [2.05, 4.69) is 25.6 Å². The number of aromatic amines is 1. The Labute approximate surface area is 253 Å². The molecule has 1 aliphatic heterocycles. The van der Waals surface area contributed by atoms with Gasteiger partial charge in [0.1, 0.15) is 23.2 Å². The summed E-state index contributed by atoms with van der Waals surface area (Å²) in [6.07, 6.45) is 2.25. The highest BCUT2D eigenvalue weighted by Gasteiger charge is 2.37. The molecule has 0 spiro atoms. The van der Waals surface area contributed by atoms with Crippen LogP contribution in [0.5, 0.6) is 0 Å². The van der Waals surface area contributed by atoms with Crippen LogP contribution < -0.4 is 10.6 Å². The van der Waals surface area contributed by atoms with E-state index in [1.54, 1.807) is 57.3 Å². The molecule has 4 rings (SSSR count). The SMILES string of the molecule is CCC/C=C(/N=C(Nc1ccnc(NC(=O)C2CCCN2C(=O)OC(C)(C)C)c1)c1ccc[nH]1)c1cccc(C(F)(F)F)n1. The fourth-order valence-electron chi connectivity index (χ4n) is 4.48. The molecule has 44 heavy (non-hydrogen) atoms. The Hall–Kier alpha value is -4.68. The number of rotatable bonds is 8. The molecule has 3 N–H and O–H groups in total. The molecule has 0 aliphatic carbocycles. The largest absolute Gasteiger partial charge is 0.444 e. The Balaban J connectivity index is 1.59. The van der Waals surface area contributed by atoms with Crippen molar-refractivity contribution in [2.75, 3.05) is 17.2 Å². The molecule has 234 valence electrons. The zero-order valence-electron chi connectivity index (χ0n) is 25.0. The van der Waals surface area contributed by atoms with Crippen molar-refractivity contribution in [3.05, 3.63) is 78.0 Å². The lowest BCUT2D eigenvalue weighted by Crippen LogP contribution is -2.45. The molecule has 1 aliphatic rings. The lowest BCUT2D eigenvalue weighted by atomic mass is 10.2.